The van der Waals surface area contributed by atoms with E-state index in [0.29, 0.717) is 0 Å². The Morgan fingerprint density at radius 3 is 2.46 bits per heavy atom. The van der Waals surface area contributed by atoms with Gasteiger partial charge >= 0.3 is 5.97 Å². The Hall–Kier alpha value is -1.55. The van der Waals surface area contributed by atoms with Crippen LogP contribution in [0.3, 0.4) is 0 Å². The van der Waals surface area contributed by atoms with Crippen LogP contribution in [0.1, 0.15) is 50.5 Å². The largest absolute Gasteiger partial charge is 0.462 e. The maximum Gasteiger partial charge on any atom is 0.312 e. The van der Waals surface area contributed by atoms with Crippen LogP contribution in [0.4, 0.5) is 5.69 Å². The highest BCUT2D eigenvalue weighted by molar-refractivity contribution is 5.79. The second-order valence-electron chi connectivity index (χ2n) is 8.53. The predicted octanol–water partition coefficient (Wildman–Crippen LogP) is 3.77. The second-order valence-corrected chi connectivity index (χ2v) is 8.53. The van der Waals surface area contributed by atoms with Crippen molar-refractivity contribution in [2.45, 2.75) is 58.0 Å². The number of aryl methyl sites for hydroxylation is 1. The molecule has 2 aliphatic heterocycles. The average molecular weight is 357 g/mol. The topological polar surface area (TPSA) is 32.8 Å². The molecule has 4 rings (SSSR count). The molecule has 0 radical (unpaired) electrons. The Balaban J connectivity index is 1.18. The Bertz CT molecular complexity index is 614. The zero-order valence-corrected chi connectivity index (χ0v) is 16.1. The molecule has 1 aromatic rings. The summed E-state index contributed by atoms with van der Waals surface area (Å²) >= 11 is 0. The second kappa shape index (κ2) is 7.59. The first-order chi connectivity index (χ1) is 12.6. The molecule has 2 heterocycles. The Morgan fingerprint density at radius 2 is 1.77 bits per heavy atom. The summed E-state index contributed by atoms with van der Waals surface area (Å²) in [7, 11) is 0. The molecule has 1 aromatic carbocycles. The van der Waals surface area contributed by atoms with Crippen molar-refractivity contribution in [3.05, 3.63) is 29.8 Å². The number of anilines is 1. The van der Waals surface area contributed by atoms with Crippen LogP contribution in [0.5, 0.6) is 0 Å². The molecule has 2 saturated heterocycles. The highest BCUT2D eigenvalue weighted by Crippen LogP contribution is 2.48. The molecule has 1 spiro atoms. The SMILES string of the molecule is Cc1ccc(N2CCN(CCC[C@H]3CC4(CCCC4)C(=O)O3)CC2)cc1. The third-order valence-corrected chi connectivity index (χ3v) is 6.66. The van der Waals surface area contributed by atoms with Crippen LogP contribution < -0.4 is 4.90 Å². The summed E-state index contributed by atoms with van der Waals surface area (Å²) in [5.41, 5.74) is 2.57. The van der Waals surface area contributed by atoms with Crippen molar-refractivity contribution in [2.75, 3.05) is 37.6 Å². The smallest absolute Gasteiger partial charge is 0.312 e. The molecule has 0 N–H and O–H groups in total. The zero-order chi connectivity index (χ0) is 18.0. The Kier molecular flexibility index (Phi) is 5.21. The summed E-state index contributed by atoms with van der Waals surface area (Å²) in [4.78, 5) is 17.3. The minimum atomic E-state index is -0.0929. The summed E-state index contributed by atoms with van der Waals surface area (Å²) in [6, 6.07) is 8.86. The summed E-state index contributed by atoms with van der Waals surface area (Å²) in [5, 5.41) is 0. The summed E-state index contributed by atoms with van der Waals surface area (Å²) in [6.45, 7) is 7.72. The average Bonchev–Trinajstić information content (AvgIpc) is 3.24. The van der Waals surface area contributed by atoms with Gasteiger partial charge in [-0.1, -0.05) is 30.5 Å². The lowest BCUT2D eigenvalue weighted by atomic mass is 9.82. The van der Waals surface area contributed by atoms with E-state index in [1.165, 1.54) is 24.1 Å². The van der Waals surface area contributed by atoms with E-state index in [9.17, 15) is 4.79 Å². The van der Waals surface area contributed by atoms with Crippen molar-refractivity contribution in [1.29, 1.82) is 0 Å². The van der Waals surface area contributed by atoms with Crippen molar-refractivity contribution in [2.24, 2.45) is 5.41 Å². The van der Waals surface area contributed by atoms with Gasteiger partial charge in [0.05, 0.1) is 5.41 Å². The summed E-state index contributed by atoms with van der Waals surface area (Å²) in [6.07, 6.45) is 7.85. The van der Waals surface area contributed by atoms with E-state index >= 15 is 0 Å². The molecule has 4 nitrogen and oxygen atoms in total. The number of cyclic esters (lactones) is 1. The predicted molar refractivity (Wildman–Crippen MR) is 104 cm³/mol. The van der Waals surface area contributed by atoms with Crippen molar-refractivity contribution < 1.29 is 9.53 Å². The number of ether oxygens (including phenoxy) is 1. The molecular weight excluding hydrogens is 324 g/mol. The van der Waals surface area contributed by atoms with Crippen LogP contribution in [-0.2, 0) is 9.53 Å². The van der Waals surface area contributed by atoms with Crippen LogP contribution in [0.25, 0.3) is 0 Å². The first-order valence-electron chi connectivity index (χ1n) is 10.4. The molecular formula is C22H32N2O2. The van der Waals surface area contributed by atoms with Gasteiger partial charge in [-0.2, -0.15) is 0 Å². The van der Waals surface area contributed by atoms with E-state index in [2.05, 4.69) is 41.0 Å². The van der Waals surface area contributed by atoms with Crippen molar-refractivity contribution in [3.63, 3.8) is 0 Å². The number of benzene rings is 1. The van der Waals surface area contributed by atoms with E-state index in [1.54, 1.807) is 0 Å². The van der Waals surface area contributed by atoms with Crippen LogP contribution in [0.2, 0.25) is 0 Å². The van der Waals surface area contributed by atoms with Crippen molar-refractivity contribution in [1.82, 2.24) is 4.90 Å². The summed E-state index contributed by atoms with van der Waals surface area (Å²) in [5.74, 6) is 0.103. The normalized spacial score (nSPS) is 25.8. The van der Waals surface area contributed by atoms with E-state index < -0.39 is 0 Å². The van der Waals surface area contributed by atoms with Gasteiger partial charge in [0.25, 0.3) is 0 Å². The fourth-order valence-electron chi connectivity index (χ4n) is 4.99. The molecule has 0 bridgehead atoms. The van der Waals surface area contributed by atoms with E-state index in [0.717, 1.165) is 64.8 Å². The van der Waals surface area contributed by atoms with Crippen LogP contribution in [0, 0.1) is 12.3 Å². The number of rotatable bonds is 5. The minimum Gasteiger partial charge on any atom is -0.462 e. The highest BCUT2D eigenvalue weighted by atomic mass is 16.6. The van der Waals surface area contributed by atoms with E-state index in [4.69, 9.17) is 4.74 Å². The lowest BCUT2D eigenvalue weighted by molar-refractivity contribution is -0.148. The molecule has 4 heteroatoms. The first kappa shape index (κ1) is 17.8. The zero-order valence-electron chi connectivity index (χ0n) is 16.1. The molecule has 1 aliphatic carbocycles. The molecule has 3 fully saturated rings. The first-order valence-corrected chi connectivity index (χ1v) is 10.4. The highest BCUT2D eigenvalue weighted by Gasteiger charge is 2.50. The number of nitrogens with zero attached hydrogens (tertiary/aromatic N) is 2. The van der Waals surface area contributed by atoms with Gasteiger partial charge in [-0.3, -0.25) is 9.69 Å². The van der Waals surface area contributed by atoms with Crippen molar-refractivity contribution in [3.8, 4) is 0 Å². The van der Waals surface area contributed by atoms with Crippen LogP contribution >= 0.6 is 0 Å². The van der Waals surface area contributed by atoms with Gasteiger partial charge in [-0.25, -0.2) is 0 Å². The van der Waals surface area contributed by atoms with Crippen molar-refractivity contribution >= 4 is 11.7 Å². The van der Waals surface area contributed by atoms with Gasteiger partial charge in [-0.05, 0) is 51.3 Å². The monoisotopic (exact) mass is 356 g/mol. The van der Waals surface area contributed by atoms with E-state index in [-0.39, 0.29) is 17.5 Å². The number of piperazine rings is 1. The fraction of sp³-hybridized carbons (Fsp3) is 0.682. The number of hydrogen-bond donors (Lipinski definition) is 0. The van der Waals surface area contributed by atoms with Gasteiger partial charge in [0, 0.05) is 38.3 Å². The lowest BCUT2D eigenvalue weighted by Crippen LogP contribution is -2.46. The Morgan fingerprint density at radius 1 is 1.08 bits per heavy atom. The molecule has 0 aromatic heterocycles. The van der Waals surface area contributed by atoms with Gasteiger partial charge in [0.2, 0.25) is 0 Å². The van der Waals surface area contributed by atoms with Gasteiger partial charge in [0.1, 0.15) is 6.10 Å². The van der Waals surface area contributed by atoms with Gasteiger partial charge in [0.15, 0.2) is 0 Å². The number of esters is 1. The third-order valence-electron chi connectivity index (χ3n) is 6.66. The molecule has 1 atom stereocenters. The maximum atomic E-state index is 12.2. The molecule has 142 valence electrons. The standard InChI is InChI=1S/C22H32N2O2/c1-18-6-8-19(9-7-18)24-15-13-23(14-16-24)12-4-5-20-17-22(21(25)26-20)10-2-3-11-22/h6-9,20H,2-5,10-17H2,1H3/t20-/m0/s1. The van der Waals surface area contributed by atoms with Gasteiger partial charge < -0.3 is 9.64 Å². The number of carbonyl (C=O) groups excluding carboxylic acids is 1. The minimum absolute atomic E-state index is 0.0929. The number of hydrogen-bond acceptors (Lipinski definition) is 4. The molecule has 1 saturated carbocycles. The summed E-state index contributed by atoms with van der Waals surface area (Å²) < 4.78 is 5.71. The maximum absolute atomic E-state index is 12.2. The molecule has 3 aliphatic rings. The van der Waals surface area contributed by atoms with E-state index in [1.807, 2.05) is 0 Å². The van der Waals surface area contributed by atoms with Crippen LogP contribution in [-0.4, -0.2) is 49.7 Å². The quantitative estimate of drug-likeness (QED) is 0.752. The lowest BCUT2D eigenvalue weighted by Gasteiger charge is -2.36. The Labute approximate surface area is 157 Å². The molecule has 0 amide bonds. The molecule has 26 heavy (non-hydrogen) atoms. The fourth-order valence-corrected chi connectivity index (χ4v) is 4.99. The van der Waals surface area contributed by atoms with Gasteiger partial charge in [-0.15, -0.1) is 0 Å². The number of carbonyl (C=O) groups is 1. The third kappa shape index (κ3) is 3.75. The van der Waals surface area contributed by atoms with Crippen LogP contribution in [0.15, 0.2) is 24.3 Å². The molecule has 0 unspecified atom stereocenters.